The molecule has 0 spiro atoms. The Morgan fingerprint density at radius 1 is 1.26 bits per heavy atom. The Balaban J connectivity index is 1.53. The number of nitrogens with one attached hydrogen (secondary N) is 1. The first-order chi connectivity index (χ1) is 16.3. The zero-order chi connectivity index (χ0) is 24.2. The van der Waals surface area contributed by atoms with Crippen molar-refractivity contribution in [3.05, 3.63) is 58.5 Å². The van der Waals surface area contributed by atoms with Gasteiger partial charge >= 0.3 is 0 Å². The molecule has 3 heterocycles. The van der Waals surface area contributed by atoms with Gasteiger partial charge < -0.3 is 14.6 Å². The van der Waals surface area contributed by atoms with Crippen molar-refractivity contribution in [1.29, 1.82) is 0 Å². The number of hydrogen-bond donors (Lipinski definition) is 1. The van der Waals surface area contributed by atoms with E-state index in [9.17, 15) is 14.9 Å². The van der Waals surface area contributed by atoms with E-state index < -0.39 is 10.2 Å². The molecule has 34 heavy (non-hydrogen) atoms. The number of furan rings is 1. The van der Waals surface area contributed by atoms with E-state index in [2.05, 4.69) is 34.3 Å². The first-order valence-electron chi connectivity index (χ1n) is 11.2. The molecule has 1 saturated heterocycles. The van der Waals surface area contributed by atoms with Crippen molar-refractivity contribution in [3.8, 4) is 0 Å². The summed E-state index contributed by atoms with van der Waals surface area (Å²) in [4.78, 5) is 25.6. The maximum absolute atomic E-state index is 12.8. The number of hydrogen-bond acceptors (Lipinski definition) is 8. The molecule has 180 valence electrons. The van der Waals surface area contributed by atoms with Crippen molar-refractivity contribution < 1.29 is 14.1 Å². The summed E-state index contributed by atoms with van der Waals surface area (Å²) in [6, 6.07) is 9.63. The molecule has 11 heteroatoms. The van der Waals surface area contributed by atoms with Gasteiger partial charge in [0.25, 0.3) is 5.69 Å². The summed E-state index contributed by atoms with van der Waals surface area (Å²) >= 11 is 1.29. The number of non-ortho nitro benzene ring substituents is 1. The molecule has 0 saturated carbocycles. The molecule has 3 atom stereocenters. The summed E-state index contributed by atoms with van der Waals surface area (Å²) in [6.07, 6.45) is 2.81. The number of anilines is 2. The lowest BCUT2D eigenvalue weighted by atomic mass is 9.92. The highest BCUT2D eigenvalue weighted by molar-refractivity contribution is 8.00. The fourth-order valence-corrected chi connectivity index (χ4v) is 5.12. The van der Waals surface area contributed by atoms with Crippen LogP contribution in [0, 0.1) is 22.0 Å². The second-order valence-electron chi connectivity index (χ2n) is 8.86. The van der Waals surface area contributed by atoms with Crippen LogP contribution in [-0.2, 0) is 11.3 Å². The van der Waals surface area contributed by atoms with Gasteiger partial charge in [0.05, 0.1) is 23.0 Å². The van der Waals surface area contributed by atoms with Gasteiger partial charge in [-0.1, -0.05) is 31.7 Å². The largest absolute Gasteiger partial charge is 0.467 e. The number of thioether (sulfide) groups is 1. The third kappa shape index (κ3) is 5.58. The van der Waals surface area contributed by atoms with Crippen LogP contribution in [0.3, 0.4) is 0 Å². The summed E-state index contributed by atoms with van der Waals surface area (Å²) in [6.45, 7) is 8.50. The molecule has 1 fully saturated rings. The highest BCUT2D eigenvalue weighted by Gasteiger charge is 2.28. The minimum Gasteiger partial charge on any atom is -0.467 e. The molecular formula is C23H28N6O4S. The maximum atomic E-state index is 12.8. The molecule has 0 radical (unpaired) electrons. The second kappa shape index (κ2) is 10.3. The molecule has 1 aromatic carbocycles. The van der Waals surface area contributed by atoms with E-state index in [4.69, 9.17) is 4.42 Å². The smallest absolute Gasteiger partial charge is 0.271 e. The predicted octanol–water partition coefficient (Wildman–Crippen LogP) is 4.43. The van der Waals surface area contributed by atoms with Gasteiger partial charge in [-0.25, -0.2) is 0 Å². The molecule has 4 rings (SSSR count). The third-order valence-electron chi connectivity index (χ3n) is 5.72. The summed E-state index contributed by atoms with van der Waals surface area (Å²) in [5, 5.41) is 22.8. The van der Waals surface area contributed by atoms with Gasteiger partial charge in [-0.3, -0.25) is 19.5 Å². The maximum Gasteiger partial charge on any atom is 0.271 e. The number of amides is 1. The average molecular weight is 485 g/mol. The fourth-order valence-electron chi connectivity index (χ4n) is 4.28. The number of nitro benzene ring substituents is 1. The van der Waals surface area contributed by atoms with E-state index in [1.165, 1.54) is 30.3 Å². The fraction of sp³-hybridized carbons (Fsp3) is 0.435. The third-order valence-corrected chi connectivity index (χ3v) is 6.80. The van der Waals surface area contributed by atoms with Crippen LogP contribution < -0.4 is 10.2 Å². The quantitative estimate of drug-likeness (QED) is 0.283. The van der Waals surface area contributed by atoms with Crippen LogP contribution in [0.25, 0.3) is 0 Å². The number of rotatable bonds is 8. The van der Waals surface area contributed by atoms with Crippen LogP contribution in [-0.4, -0.2) is 43.9 Å². The van der Waals surface area contributed by atoms with Gasteiger partial charge in [-0.15, -0.1) is 10.2 Å². The van der Waals surface area contributed by atoms with Gasteiger partial charge in [-0.05, 0) is 43.4 Å². The van der Waals surface area contributed by atoms with Crippen LogP contribution in [0.1, 0.15) is 33.0 Å². The first-order valence-corrected chi connectivity index (χ1v) is 12.1. The highest BCUT2D eigenvalue weighted by atomic mass is 32.2. The Kier molecular flexibility index (Phi) is 7.20. The molecule has 1 aliphatic rings. The SMILES string of the molecule is CC1CC(C)CN(c2nnc(SC(C)C(=O)Nc3cccc([N+](=O)[O-])c3)n2Cc2ccco2)C1. The van der Waals surface area contributed by atoms with Crippen molar-refractivity contribution in [1.82, 2.24) is 14.8 Å². The number of benzene rings is 1. The van der Waals surface area contributed by atoms with E-state index in [-0.39, 0.29) is 11.6 Å². The topological polar surface area (TPSA) is 119 Å². The van der Waals surface area contributed by atoms with Crippen LogP contribution in [0.5, 0.6) is 0 Å². The van der Waals surface area contributed by atoms with Gasteiger partial charge in [0.1, 0.15) is 5.76 Å². The summed E-state index contributed by atoms with van der Waals surface area (Å²) in [7, 11) is 0. The van der Waals surface area contributed by atoms with Crippen LogP contribution in [0.4, 0.5) is 17.3 Å². The molecule has 0 bridgehead atoms. The Hall–Kier alpha value is -3.34. The standard InChI is InChI=1S/C23H28N6O4S/c1-15-10-16(2)13-27(12-15)22-25-26-23(28(22)14-20-8-5-9-33-20)34-17(3)21(30)24-18-6-4-7-19(11-18)29(31)32/h4-9,11,15-17H,10,12-14H2,1-3H3,(H,24,30). The summed E-state index contributed by atoms with van der Waals surface area (Å²) in [5.41, 5.74) is 0.298. The number of nitrogens with zero attached hydrogens (tertiary/aromatic N) is 5. The number of nitro groups is 1. The Morgan fingerprint density at radius 2 is 2.03 bits per heavy atom. The normalized spacial score (nSPS) is 19.1. The van der Waals surface area contributed by atoms with Gasteiger partial charge in [0, 0.05) is 30.9 Å². The minimum absolute atomic E-state index is 0.0778. The Labute approximate surface area is 201 Å². The molecule has 0 aliphatic carbocycles. The monoisotopic (exact) mass is 484 g/mol. The summed E-state index contributed by atoms with van der Waals surface area (Å²) in [5.74, 6) is 2.36. The first kappa shape index (κ1) is 23.8. The van der Waals surface area contributed by atoms with Crippen LogP contribution in [0.15, 0.2) is 52.2 Å². The minimum atomic E-state index is -0.508. The number of aromatic nitrogens is 3. The lowest BCUT2D eigenvalue weighted by molar-refractivity contribution is -0.384. The van der Waals surface area contributed by atoms with Crippen molar-refractivity contribution in [2.75, 3.05) is 23.3 Å². The highest BCUT2D eigenvalue weighted by Crippen LogP contribution is 2.31. The molecule has 3 unspecified atom stereocenters. The average Bonchev–Trinajstić information content (AvgIpc) is 3.44. The molecular weight excluding hydrogens is 456 g/mol. The van der Waals surface area contributed by atoms with Crippen molar-refractivity contribution >= 4 is 35.0 Å². The molecule has 10 nitrogen and oxygen atoms in total. The van der Waals surface area contributed by atoms with Gasteiger partial charge in [0.2, 0.25) is 11.9 Å². The number of piperidine rings is 1. The van der Waals surface area contributed by atoms with Crippen molar-refractivity contribution in [2.45, 2.75) is 44.1 Å². The van der Waals surface area contributed by atoms with Crippen LogP contribution in [0.2, 0.25) is 0 Å². The van der Waals surface area contributed by atoms with Crippen molar-refractivity contribution in [3.63, 3.8) is 0 Å². The van der Waals surface area contributed by atoms with E-state index in [1.54, 1.807) is 25.3 Å². The Bertz CT molecular complexity index is 1140. The zero-order valence-electron chi connectivity index (χ0n) is 19.4. The second-order valence-corrected chi connectivity index (χ2v) is 10.2. The lowest BCUT2D eigenvalue weighted by Crippen LogP contribution is -2.40. The zero-order valence-corrected chi connectivity index (χ0v) is 20.2. The molecule has 1 aliphatic heterocycles. The summed E-state index contributed by atoms with van der Waals surface area (Å²) < 4.78 is 7.56. The van der Waals surface area contributed by atoms with E-state index >= 15 is 0 Å². The Morgan fingerprint density at radius 3 is 2.71 bits per heavy atom. The van der Waals surface area contributed by atoms with E-state index in [1.807, 2.05) is 16.7 Å². The molecule has 1 amide bonds. The van der Waals surface area contributed by atoms with Gasteiger partial charge in [0.15, 0.2) is 5.16 Å². The number of carbonyl (C=O) groups excluding carboxylic acids is 1. The lowest BCUT2D eigenvalue weighted by Gasteiger charge is -2.35. The van der Waals surface area contributed by atoms with E-state index in [0.29, 0.717) is 29.2 Å². The molecule has 1 N–H and O–H groups in total. The molecule has 2 aromatic heterocycles. The van der Waals surface area contributed by atoms with Gasteiger partial charge in [-0.2, -0.15) is 0 Å². The predicted molar refractivity (Wildman–Crippen MR) is 130 cm³/mol. The number of carbonyl (C=O) groups is 1. The van der Waals surface area contributed by atoms with Crippen molar-refractivity contribution in [2.24, 2.45) is 11.8 Å². The molecule has 3 aromatic rings. The van der Waals surface area contributed by atoms with Crippen LogP contribution >= 0.6 is 11.8 Å². The van der Waals surface area contributed by atoms with E-state index in [0.717, 1.165) is 24.8 Å².